The second-order valence-electron chi connectivity index (χ2n) is 17.6. The molecule has 2 aromatic carbocycles. The summed E-state index contributed by atoms with van der Waals surface area (Å²) in [5.74, 6) is 0.375. The first-order valence-electron chi connectivity index (χ1n) is 22.1. The quantitative estimate of drug-likeness (QED) is 0.0909. The van der Waals surface area contributed by atoms with E-state index in [0.717, 1.165) is 50.0 Å². The standard InChI is InChI=1S/C19H25ClN2O3.C18H23FINO2.C11H15FN2O3.CH4/c1-5-10-24-12-14-6-8-15(9-7-14)13-25-16-11-21-22(19(2,3)4)18(23)17(16)20;1-23-18(22)17-15(12-3-5-13(20)6-4-12)11-14-7-8-16(17)21(14)10-2-9-19;1-6-4-14(7(2)13-11(6)16)10-3-8(12)9(5-15)17-10;/h6-9,11H,5,10,12-13H2,1-4H3;3-6,14-17H,2,7-11H2,1H3;4,8-10,15H,2-3,5H2,1H3,(H,13,16);1H4/t;;8-,9-,10-;/m..1./s1/i;19-1;12-1;. The molecule has 66 heavy (non-hydrogen) atoms. The van der Waals surface area contributed by atoms with Gasteiger partial charge in [0.1, 0.15) is 30.9 Å². The number of halogens is 4. The van der Waals surface area contributed by atoms with Gasteiger partial charge in [0.15, 0.2) is 10.8 Å². The Kier molecular flexibility index (Phi) is 21.1. The lowest BCUT2D eigenvalue weighted by atomic mass is 9.76. The fourth-order valence-corrected chi connectivity index (χ4v) is 9.10. The fourth-order valence-electron chi connectivity index (χ4n) is 8.56. The van der Waals surface area contributed by atoms with Crippen LogP contribution in [0.4, 0.5) is 8.78 Å². The number of carbonyl (C=O) groups excluding carboxylic acids is 2. The first kappa shape index (κ1) is 54.7. The number of nitrogens with one attached hydrogen (secondary N) is 1. The molecule has 1 aromatic heterocycles. The van der Waals surface area contributed by atoms with E-state index in [1.54, 1.807) is 18.0 Å². The Bertz CT molecular complexity index is 2150. The van der Waals surface area contributed by atoms with Crippen molar-refractivity contribution in [2.45, 2.75) is 136 Å². The van der Waals surface area contributed by atoms with E-state index in [0.29, 0.717) is 42.8 Å². The SMILES string of the molecule is C.C=C1NC(=O)C(C)=CN1[C@H]1C[C@@H]([18F])[C@@H](CO)O1.CCCOCc1ccc(COc2cnn(C(C)(C)C)c(=O)c2Cl)cc1.COC(=O)C1C(c2ccc(I)cc2)CC2CCC1N2CCC[18F]. The molecule has 0 spiro atoms. The van der Waals surface area contributed by atoms with Gasteiger partial charge in [-0.1, -0.05) is 68.9 Å². The van der Waals surface area contributed by atoms with Crippen molar-refractivity contribution in [3.63, 3.8) is 0 Å². The third kappa shape index (κ3) is 14.1. The van der Waals surface area contributed by atoms with E-state index in [1.165, 1.54) is 27.1 Å². The van der Waals surface area contributed by atoms with E-state index < -0.39 is 24.0 Å². The largest absolute Gasteiger partial charge is 0.485 e. The highest BCUT2D eigenvalue weighted by molar-refractivity contribution is 14.1. The van der Waals surface area contributed by atoms with Gasteiger partial charge in [-0.25, -0.2) is 9.07 Å². The van der Waals surface area contributed by atoms with Crippen LogP contribution in [0.5, 0.6) is 5.75 Å². The Labute approximate surface area is 407 Å². The number of rotatable bonds is 14. The molecule has 0 saturated carbocycles. The van der Waals surface area contributed by atoms with Gasteiger partial charge in [-0.05, 0) is 111 Å². The van der Waals surface area contributed by atoms with E-state index in [1.807, 2.05) is 45.0 Å². The fraction of sp³-hybridized carbons (Fsp3) is 0.551. The maximum absolute atomic E-state index is 13.4. The number of aromatic nitrogens is 2. The van der Waals surface area contributed by atoms with Crippen LogP contribution in [0.25, 0.3) is 0 Å². The molecule has 13 nitrogen and oxygen atoms in total. The smallest absolute Gasteiger partial charge is 0.310 e. The number of ether oxygens (including phenoxy) is 4. The molecule has 7 atom stereocenters. The molecule has 364 valence electrons. The summed E-state index contributed by atoms with van der Waals surface area (Å²) in [6.07, 6.45) is 5.30. The van der Waals surface area contributed by atoms with Crippen molar-refractivity contribution in [2.24, 2.45) is 5.92 Å². The topological polar surface area (TPSA) is 145 Å². The number of hydrogen-bond acceptors (Lipinski definition) is 11. The van der Waals surface area contributed by atoms with Crippen molar-refractivity contribution in [3.05, 3.63) is 115 Å². The van der Waals surface area contributed by atoms with Crippen molar-refractivity contribution in [1.29, 1.82) is 0 Å². The zero-order valence-corrected chi connectivity index (χ0v) is 41.0. The van der Waals surface area contributed by atoms with Gasteiger partial charge >= 0.3 is 5.97 Å². The molecular weight excluding hydrogens is 985 g/mol. The number of benzene rings is 2. The minimum absolute atomic E-state index is 0. The number of carbonyl (C=O) groups is 2. The zero-order valence-electron chi connectivity index (χ0n) is 38.1. The summed E-state index contributed by atoms with van der Waals surface area (Å²) in [7, 11) is 1.47. The summed E-state index contributed by atoms with van der Waals surface area (Å²) in [6, 6.07) is 17.1. The zero-order chi connectivity index (χ0) is 47.4. The lowest BCUT2D eigenvalue weighted by Gasteiger charge is -2.43. The Morgan fingerprint density at radius 2 is 1.74 bits per heavy atom. The van der Waals surface area contributed by atoms with Gasteiger partial charge in [0.2, 0.25) is 0 Å². The van der Waals surface area contributed by atoms with E-state index >= 15 is 0 Å². The predicted octanol–water partition coefficient (Wildman–Crippen LogP) is 8.79. The number of aliphatic hydroxyl groups excluding tert-OH is 1. The Morgan fingerprint density at radius 3 is 2.33 bits per heavy atom. The number of methoxy groups -OCH3 is 1. The highest BCUT2D eigenvalue weighted by atomic mass is 127. The molecule has 3 saturated heterocycles. The summed E-state index contributed by atoms with van der Waals surface area (Å²) in [5.41, 5.74) is 3.04. The third-order valence-electron chi connectivity index (χ3n) is 11.9. The normalized spacial score (nSPS) is 23.7. The summed E-state index contributed by atoms with van der Waals surface area (Å²) in [6.45, 7) is 14.9. The molecule has 2 N–H and O–H groups in total. The van der Waals surface area contributed by atoms with Crippen LogP contribution in [-0.2, 0) is 42.6 Å². The number of esters is 1. The molecule has 3 aromatic rings. The molecule has 7 rings (SSSR count). The van der Waals surface area contributed by atoms with Crippen molar-refractivity contribution < 1.29 is 42.4 Å². The minimum atomic E-state index is -1.20. The third-order valence-corrected chi connectivity index (χ3v) is 12.9. The van der Waals surface area contributed by atoms with Gasteiger partial charge in [0.05, 0.1) is 44.7 Å². The summed E-state index contributed by atoms with van der Waals surface area (Å²) in [5, 5.41) is 15.7. The number of nitrogens with zero attached hydrogens (tertiary/aromatic N) is 4. The molecule has 4 aliphatic heterocycles. The number of aliphatic hydroxyl groups is 1. The molecule has 4 unspecified atom stereocenters. The lowest BCUT2D eigenvalue weighted by molar-refractivity contribution is -0.150. The number of fused-ring (bicyclic) bond motifs is 2. The van der Waals surface area contributed by atoms with Gasteiger partial charge in [0.25, 0.3) is 11.5 Å². The van der Waals surface area contributed by atoms with Crippen molar-refractivity contribution in [3.8, 4) is 5.75 Å². The van der Waals surface area contributed by atoms with Crippen molar-refractivity contribution >= 4 is 46.1 Å². The van der Waals surface area contributed by atoms with Gasteiger partial charge in [0, 0.05) is 52.9 Å². The predicted molar refractivity (Wildman–Crippen MR) is 260 cm³/mol. The van der Waals surface area contributed by atoms with E-state index in [2.05, 4.69) is 75.7 Å². The van der Waals surface area contributed by atoms with Gasteiger partial charge in [-0.15, -0.1) is 0 Å². The van der Waals surface area contributed by atoms with E-state index in [-0.39, 0.29) is 67.5 Å². The van der Waals surface area contributed by atoms with Crippen LogP contribution in [-0.4, -0.2) is 101 Å². The van der Waals surface area contributed by atoms with Crippen LogP contribution in [0.2, 0.25) is 5.02 Å². The summed E-state index contributed by atoms with van der Waals surface area (Å²) in [4.78, 5) is 40.1. The second-order valence-corrected chi connectivity index (χ2v) is 19.2. The summed E-state index contributed by atoms with van der Waals surface area (Å²) >= 11 is 8.45. The highest BCUT2D eigenvalue weighted by Gasteiger charge is 2.50. The van der Waals surface area contributed by atoms with E-state index in [9.17, 15) is 23.2 Å². The maximum atomic E-state index is 13.4. The average molecular weight is 1050 g/mol. The number of amides is 1. The highest BCUT2D eigenvalue weighted by Crippen LogP contribution is 2.47. The van der Waals surface area contributed by atoms with Crippen LogP contribution in [0, 0.1) is 9.49 Å². The van der Waals surface area contributed by atoms with Gasteiger partial charge < -0.3 is 34.3 Å². The van der Waals surface area contributed by atoms with Crippen LogP contribution in [0.15, 0.2) is 83.7 Å². The van der Waals surface area contributed by atoms with Crippen molar-refractivity contribution in [1.82, 2.24) is 24.9 Å². The van der Waals surface area contributed by atoms with Gasteiger partial charge in [-0.3, -0.25) is 23.7 Å². The Hall–Kier alpha value is -3.94. The first-order valence-corrected chi connectivity index (χ1v) is 23.6. The minimum Gasteiger partial charge on any atom is -0.485 e. The van der Waals surface area contributed by atoms with Crippen LogP contribution in [0.3, 0.4) is 0 Å². The molecule has 2 bridgehead atoms. The lowest BCUT2D eigenvalue weighted by Crippen LogP contribution is -2.51. The maximum Gasteiger partial charge on any atom is 0.310 e. The second kappa shape index (κ2) is 25.4. The number of piperidine rings is 1. The Balaban J connectivity index is 0.000000218. The number of alkyl halides is 2. The van der Waals surface area contributed by atoms with Crippen molar-refractivity contribution in [2.75, 3.05) is 33.5 Å². The van der Waals surface area contributed by atoms with Crippen LogP contribution in [0.1, 0.15) is 103 Å². The van der Waals surface area contributed by atoms with E-state index in [4.69, 9.17) is 35.7 Å². The molecule has 5 heterocycles. The number of hydrogen-bond donors (Lipinski definition) is 2. The molecular formula is C49H67ClF2IN5O8. The molecule has 0 radical (unpaired) electrons. The summed E-state index contributed by atoms with van der Waals surface area (Å²) < 4.78 is 50.3. The molecule has 1 amide bonds. The molecule has 4 aliphatic rings. The first-order chi connectivity index (χ1) is 31.0. The molecule has 3 fully saturated rings. The van der Waals surface area contributed by atoms with Gasteiger partial charge in [-0.2, -0.15) is 5.10 Å². The van der Waals surface area contributed by atoms with Crippen LogP contribution < -0.4 is 15.6 Å². The monoisotopic (exact) mass is 1050 g/mol. The average Bonchev–Trinajstić information content (AvgIpc) is 3.80. The molecule has 0 aliphatic carbocycles. The Morgan fingerprint density at radius 1 is 1.08 bits per heavy atom. The van der Waals surface area contributed by atoms with Crippen LogP contribution >= 0.6 is 34.2 Å². The molecule has 17 heteroatoms.